The Hall–Kier alpha value is -0.160. The standard InChI is InChI=1S/C12H27N3O/c1-12(10-16,13-11-5-6-11)9-15(4)8-7-14(2)3/h11,13,16H,5-10H2,1-4H3. The van der Waals surface area contributed by atoms with E-state index in [1.165, 1.54) is 12.8 Å². The molecule has 1 atom stereocenters. The van der Waals surface area contributed by atoms with Crippen LogP contribution >= 0.6 is 0 Å². The summed E-state index contributed by atoms with van der Waals surface area (Å²) in [7, 11) is 6.29. The molecule has 16 heavy (non-hydrogen) atoms. The molecule has 0 saturated heterocycles. The van der Waals surface area contributed by atoms with Crippen LogP contribution in [0.25, 0.3) is 0 Å². The molecule has 0 bridgehead atoms. The summed E-state index contributed by atoms with van der Waals surface area (Å²) in [5.41, 5.74) is -0.151. The van der Waals surface area contributed by atoms with E-state index in [2.05, 4.69) is 43.2 Å². The zero-order valence-electron chi connectivity index (χ0n) is 11.2. The molecular formula is C12H27N3O. The summed E-state index contributed by atoms with van der Waals surface area (Å²) in [5.74, 6) is 0. The Balaban J connectivity index is 2.29. The Morgan fingerprint density at radius 2 is 1.88 bits per heavy atom. The average Bonchev–Trinajstić information content (AvgIpc) is 2.98. The lowest BCUT2D eigenvalue weighted by atomic mass is 10.0. The van der Waals surface area contributed by atoms with E-state index >= 15 is 0 Å². The van der Waals surface area contributed by atoms with Crippen molar-refractivity contribution in [3.05, 3.63) is 0 Å². The van der Waals surface area contributed by atoms with Gasteiger partial charge in [-0.2, -0.15) is 0 Å². The number of likely N-dealkylation sites (N-methyl/N-ethyl adjacent to an activating group) is 2. The van der Waals surface area contributed by atoms with Gasteiger partial charge in [0.25, 0.3) is 0 Å². The first kappa shape index (κ1) is 13.9. The zero-order chi connectivity index (χ0) is 12.2. The Morgan fingerprint density at radius 1 is 1.25 bits per heavy atom. The maximum absolute atomic E-state index is 9.49. The molecule has 0 aliphatic heterocycles. The van der Waals surface area contributed by atoms with E-state index < -0.39 is 0 Å². The minimum absolute atomic E-state index is 0.151. The van der Waals surface area contributed by atoms with Gasteiger partial charge in [0.2, 0.25) is 0 Å². The van der Waals surface area contributed by atoms with Crippen LogP contribution in [0.5, 0.6) is 0 Å². The van der Waals surface area contributed by atoms with Gasteiger partial charge in [0.15, 0.2) is 0 Å². The highest BCUT2D eigenvalue weighted by atomic mass is 16.3. The second-order valence-corrected chi connectivity index (χ2v) is 5.68. The number of aliphatic hydroxyl groups is 1. The van der Waals surface area contributed by atoms with Crippen molar-refractivity contribution in [3.63, 3.8) is 0 Å². The Kier molecular flexibility index (Phi) is 5.18. The molecule has 0 heterocycles. The van der Waals surface area contributed by atoms with Crippen molar-refractivity contribution in [3.8, 4) is 0 Å². The van der Waals surface area contributed by atoms with E-state index in [9.17, 15) is 5.11 Å². The molecule has 0 aromatic carbocycles. The third-order valence-corrected chi connectivity index (χ3v) is 3.03. The number of nitrogens with zero attached hydrogens (tertiary/aromatic N) is 2. The van der Waals surface area contributed by atoms with Gasteiger partial charge >= 0.3 is 0 Å². The van der Waals surface area contributed by atoms with Crippen molar-refractivity contribution in [2.75, 3.05) is 47.4 Å². The van der Waals surface area contributed by atoms with Gasteiger partial charge in [-0.3, -0.25) is 0 Å². The van der Waals surface area contributed by atoms with Crippen LogP contribution in [0.15, 0.2) is 0 Å². The SMILES string of the molecule is CN(C)CCN(C)CC(C)(CO)NC1CC1. The Labute approximate surface area is 99.6 Å². The second-order valence-electron chi connectivity index (χ2n) is 5.68. The first-order valence-corrected chi connectivity index (χ1v) is 6.17. The van der Waals surface area contributed by atoms with Gasteiger partial charge in [0.05, 0.1) is 12.1 Å². The zero-order valence-corrected chi connectivity index (χ0v) is 11.2. The minimum Gasteiger partial charge on any atom is -0.394 e. The van der Waals surface area contributed by atoms with Gasteiger partial charge < -0.3 is 20.2 Å². The Morgan fingerprint density at radius 3 is 2.31 bits per heavy atom. The van der Waals surface area contributed by atoms with Gasteiger partial charge in [-0.25, -0.2) is 0 Å². The van der Waals surface area contributed by atoms with Crippen LogP contribution in [0, 0.1) is 0 Å². The summed E-state index contributed by atoms with van der Waals surface area (Å²) in [6, 6.07) is 0.638. The third kappa shape index (κ3) is 5.25. The average molecular weight is 229 g/mol. The molecule has 1 aliphatic carbocycles. The van der Waals surface area contributed by atoms with Gasteiger partial charge in [0, 0.05) is 25.7 Å². The molecule has 0 radical (unpaired) electrons. The summed E-state index contributed by atoms with van der Waals surface area (Å²) in [6.45, 7) is 5.30. The Bertz CT molecular complexity index is 206. The third-order valence-electron chi connectivity index (χ3n) is 3.03. The van der Waals surface area contributed by atoms with Crippen LogP contribution < -0.4 is 5.32 Å². The predicted octanol–water partition coefficient (Wildman–Crippen LogP) is -0.0172. The van der Waals surface area contributed by atoms with E-state index in [1.807, 2.05) is 0 Å². The molecular weight excluding hydrogens is 202 g/mol. The lowest BCUT2D eigenvalue weighted by molar-refractivity contribution is 0.127. The van der Waals surface area contributed by atoms with Gasteiger partial charge in [-0.1, -0.05) is 0 Å². The highest BCUT2D eigenvalue weighted by molar-refractivity contribution is 4.93. The topological polar surface area (TPSA) is 38.7 Å². The van der Waals surface area contributed by atoms with Crippen LogP contribution in [0.4, 0.5) is 0 Å². The molecule has 96 valence electrons. The summed E-state index contributed by atoms with van der Waals surface area (Å²) in [6.07, 6.45) is 2.52. The molecule has 0 aromatic rings. The van der Waals surface area contributed by atoms with E-state index in [4.69, 9.17) is 0 Å². The molecule has 0 amide bonds. The summed E-state index contributed by atoms with van der Waals surface area (Å²) < 4.78 is 0. The number of aliphatic hydroxyl groups excluding tert-OH is 1. The van der Waals surface area contributed by atoms with Gasteiger partial charge in [-0.05, 0) is 40.9 Å². The van der Waals surface area contributed by atoms with E-state index in [0.29, 0.717) is 6.04 Å². The molecule has 1 aliphatic rings. The maximum atomic E-state index is 9.49. The van der Waals surface area contributed by atoms with Crippen LogP contribution in [-0.4, -0.2) is 73.9 Å². The number of rotatable bonds is 8. The molecule has 2 N–H and O–H groups in total. The predicted molar refractivity (Wildman–Crippen MR) is 67.7 cm³/mol. The van der Waals surface area contributed by atoms with Crippen molar-refractivity contribution in [1.82, 2.24) is 15.1 Å². The van der Waals surface area contributed by atoms with Crippen LogP contribution in [0.3, 0.4) is 0 Å². The highest BCUT2D eigenvalue weighted by Crippen LogP contribution is 2.22. The fraction of sp³-hybridized carbons (Fsp3) is 1.00. The molecule has 4 heteroatoms. The molecule has 1 fully saturated rings. The number of hydrogen-bond donors (Lipinski definition) is 2. The molecule has 1 saturated carbocycles. The largest absolute Gasteiger partial charge is 0.394 e. The number of hydrogen-bond acceptors (Lipinski definition) is 4. The first-order valence-electron chi connectivity index (χ1n) is 6.17. The fourth-order valence-electron chi connectivity index (χ4n) is 1.91. The van der Waals surface area contributed by atoms with Crippen molar-refractivity contribution in [1.29, 1.82) is 0 Å². The van der Waals surface area contributed by atoms with Crippen molar-refractivity contribution in [2.24, 2.45) is 0 Å². The van der Waals surface area contributed by atoms with E-state index in [0.717, 1.165) is 19.6 Å². The lowest BCUT2D eigenvalue weighted by Gasteiger charge is -2.34. The van der Waals surface area contributed by atoms with Crippen LogP contribution in [0.2, 0.25) is 0 Å². The van der Waals surface area contributed by atoms with Crippen molar-refractivity contribution >= 4 is 0 Å². The normalized spacial score (nSPS) is 20.4. The number of nitrogens with one attached hydrogen (secondary N) is 1. The lowest BCUT2D eigenvalue weighted by Crippen LogP contribution is -2.54. The minimum atomic E-state index is -0.151. The van der Waals surface area contributed by atoms with Crippen molar-refractivity contribution in [2.45, 2.75) is 31.3 Å². The summed E-state index contributed by atoms with van der Waals surface area (Å²) >= 11 is 0. The van der Waals surface area contributed by atoms with E-state index in [-0.39, 0.29) is 12.1 Å². The second kappa shape index (κ2) is 5.96. The van der Waals surface area contributed by atoms with Crippen LogP contribution in [0.1, 0.15) is 19.8 Å². The summed E-state index contributed by atoms with van der Waals surface area (Å²) in [4.78, 5) is 4.46. The molecule has 4 nitrogen and oxygen atoms in total. The van der Waals surface area contributed by atoms with Crippen LogP contribution in [-0.2, 0) is 0 Å². The smallest absolute Gasteiger partial charge is 0.0623 e. The van der Waals surface area contributed by atoms with Gasteiger partial charge in [0.1, 0.15) is 0 Å². The first-order chi connectivity index (χ1) is 7.45. The molecule has 0 aromatic heterocycles. The molecule has 0 spiro atoms. The quantitative estimate of drug-likeness (QED) is 0.614. The maximum Gasteiger partial charge on any atom is 0.0623 e. The fourth-order valence-corrected chi connectivity index (χ4v) is 1.91. The molecule has 1 rings (SSSR count). The molecule has 1 unspecified atom stereocenters. The monoisotopic (exact) mass is 229 g/mol. The highest BCUT2D eigenvalue weighted by Gasteiger charge is 2.32. The van der Waals surface area contributed by atoms with Gasteiger partial charge in [-0.15, -0.1) is 0 Å². The van der Waals surface area contributed by atoms with E-state index in [1.54, 1.807) is 0 Å². The van der Waals surface area contributed by atoms with Crippen molar-refractivity contribution < 1.29 is 5.11 Å². The summed E-state index contributed by atoms with van der Waals surface area (Å²) in [5, 5.41) is 13.0.